The van der Waals surface area contributed by atoms with Gasteiger partial charge < -0.3 is 16.0 Å². The molecule has 36 heavy (non-hydrogen) atoms. The highest BCUT2D eigenvalue weighted by Crippen LogP contribution is 2.35. The van der Waals surface area contributed by atoms with Crippen molar-refractivity contribution in [2.24, 2.45) is 16.6 Å². The van der Waals surface area contributed by atoms with E-state index in [1.807, 2.05) is 0 Å². The van der Waals surface area contributed by atoms with Crippen LogP contribution in [-0.4, -0.2) is 54.1 Å². The van der Waals surface area contributed by atoms with Gasteiger partial charge in [-0.3, -0.25) is 9.79 Å². The Morgan fingerprint density at radius 1 is 1.33 bits per heavy atom. The largest absolute Gasteiger partial charge is 0.417 e. The van der Waals surface area contributed by atoms with Gasteiger partial charge in [-0.2, -0.15) is 13.2 Å². The van der Waals surface area contributed by atoms with Gasteiger partial charge in [0.2, 0.25) is 0 Å². The van der Waals surface area contributed by atoms with Gasteiger partial charge in [0.05, 0.1) is 18.2 Å². The summed E-state index contributed by atoms with van der Waals surface area (Å²) in [5.41, 5.74) is 5.70. The average molecular weight is 530 g/mol. The highest BCUT2D eigenvalue weighted by molar-refractivity contribution is 6.31. The molecule has 3 N–H and O–H groups in total. The van der Waals surface area contributed by atoms with Crippen LogP contribution in [0.1, 0.15) is 24.5 Å². The minimum atomic E-state index is -4.54. The van der Waals surface area contributed by atoms with Crippen LogP contribution >= 0.6 is 11.6 Å². The number of amides is 1. The first-order valence-electron chi connectivity index (χ1n) is 11.0. The first-order valence-corrected chi connectivity index (χ1v) is 11.3. The van der Waals surface area contributed by atoms with Gasteiger partial charge >= 0.3 is 6.18 Å². The number of likely N-dealkylation sites (tertiary alicyclic amines) is 1. The number of nitrogens with two attached hydrogens (primary N) is 1. The Morgan fingerprint density at radius 2 is 2.06 bits per heavy atom. The second-order valence-electron chi connectivity index (χ2n) is 8.57. The SMILES string of the molecule is CN=CC(=C(N)C(=O)N1CC(F)(F)C[C@@H](C)C1CNc1ccc(C(F)(F)F)cn1)c1cccc(Cl)c1. The number of benzene rings is 1. The lowest BCUT2D eigenvalue weighted by molar-refractivity contribution is -0.148. The Morgan fingerprint density at radius 3 is 2.64 bits per heavy atom. The van der Waals surface area contributed by atoms with Crippen LogP contribution in [0.3, 0.4) is 0 Å². The number of hydrogen-bond donors (Lipinski definition) is 2. The van der Waals surface area contributed by atoms with Crippen LogP contribution in [0.15, 0.2) is 53.3 Å². The van der Waals surface area contributed by atoms with Gasteiger partial charge in [0.25, 0.3) is 11.8 Å². The zero-order valence-corrected chi connectivity index (χ0v) is 20.2. The van der Waals surface area contributed by atoms with Crippen molar-refractivity contribution in [1.29, 1.82) is 0 Å². The minimum absolute atomic E-state index is 0.0248. The molecule has 0 aliphatic carbocycles. The van der Waals surface area contributed by atoms with Crippen molar-refractivity contribution in [3.63, 3.8) is 0 Å². The van der Waals surface area contributed by atoms with E-state index in [9.17, 15) is 26.7 Å². The maximum absolute atomic E-state index is 14.5. The zero-order valence-electron chi connectivity index (χ0n) is 19.5. The lowest BCUT2D eigenvalue weighted by Crippen LogP contribution is -2.58. The van der Waals surface area contributed by atoms with Crippen molar-refractivity contribution < 1.29 is 26.7 Å². The summed E-state index contributed by atoms with van der Waals surface area (Å²) < 4.78 is 67.4. The van der Waals surface area contributed by atoms with Gasteiger partial charge in [0.1, 0.15) is 11.5 Å². The lowest BCUT2D eigenvalue weighted by atomic mass is 9.88. The fourth-order valence-corrected chi connectivity index (χ4v) is 4.30. The van der Waals surface area contributed by atoms with Crippen molar-refractivity contribution in [2.75, 3.05) is 25.5 Å². The third-order valence-corrected chi connectivity index (χ3v) is 6.07. The first-order chi connectivity index (χ1) is 16.8. The number of piperidine rings is 1. The molecule has 1 aromatic carbocycles. The summed E-state index contributed by atoms with van der Waals surface area (Å²) in [7, 11) is 1.48. The molecule has 0 radical (unpaired) electrons. The molecule has 0 saturated carbocycles. The van der Waals surface area contributed by atoms with Gasteiger partial charge in [-0.1, -0.05) is 30.7 Å². The van der Waals surface area contributed by atoms with E-state index in [4.69, 9.17) is 17.3 Å². The average Bonchev–Trinajstić information content (AvgIpc) is 2.80. The number of pyridine rings is 1. The second-order valence-corrected chi connectivity index (χ2v) is 9.01. The Kier molecular flexibility index (Phi) is 8.22. The number of alkyl halides is 5. The molecule has 1 aliphatic heterocycles. The number of nitrogens with zero attached hydrogens (tertiary/aromatic N) is 3. The summed E-state index contributed by atoms with van der Waals surface area (Å²) in [5, 5.41) is 3.24. The third-order valence-electron chi connectivity index (χ3n) is 5.84. The number of hydrogen-bond acceptors (Lipinski definition) is 5. The lowest BCUT2D eigenvalue weighted by Gasteiger charge is -2.43. The van der Waals surface area contributed by atoms with Crippen molar-refractivity contribution in [2.45, 2.75) is 31.5 Å². The topological polar surface area (TPSA) is 83.6 Å². The molecule has 3 rings (SSSR count). The maximum atomic E-state index is 14.5. The number of rotatable bonds is 6. The molecule has 1 aliphatic rings. The van der Waals surface area contributed by atoms with Crippen LogP contribution in [0.25, 0.3) is 5.57 Å². The van der Waals surface area contributed by atoms with Crippen LogP contribution in [0, 0.1) is 5.92 Å². The maximum Gasteiger partial charge on any atom is 0.417 e. The Hall–Kier alpha value is -3.21. The number of anilines is 1. The number of aromatic nitrogens is 1. The molecule has 1 fully saturated rings. The Balaban J connectivity index is 1.90. The number of aliphatic imine (C=N–C) groups is 1. The molecule has 6 nitrogen and oxygen atoms in total. The van der Waals surface area contributed by atoms with Gasteiger partial charge in [-0.25, -0.2) is 13.8 Å². The Labute approximate surface area is 210 Å². The standard InChI is InChI=1S/C24H25ClF5N5O/c1-14-9-23(26,27)13-35(19(14)12-34-20-7-6-16(10-33-20)24(28,29)30)22(36)21(31)18(11-32-2)15-4-3-5-17(25)8-15/h3-8,10-11,14,19H,9,12-13,31H2,1-2H3,(H,33,34)/t14-,19?/m1/s1. The molecule has 1 saturated heterocycles. The van der Waals surface area contributed by atoms with E-state index in [0.29, 0.717) is 16.8 Å². The van der Waals surface area contributed by atoms with E-state index in [1.165, 1.54) is 13.3 Å². The molecule has 194 valence electrons. The summed E-state index contributed by atoms with van der Waals surface area (Å²) in [5.74, 6) is -4.50. The predicted molar refractivity (Wildman–Crippen MR) is 129 cm³/mol. The molecule has 1 unspecified atom stereocenters. The molecule has 0 bridgehead atoms. The molecule has 2 atom stereocenters. The van der Waals surface area contributed by atoms with E-state index in [1.54, 1.807) is 31.2 Å². The van der Waals surface area contributed by atoms with E-state index in [0.717, 1.165) is 17.0 Å². The van der Waals surface area contributed by atoms with Crippen LogP contribution < -0.4 is 11.1 Å². The van der Waals surface area contributed by atoms with Crippen LogP contribution in [0.4, 0.5) is 27.8 Å². The molecule has 0 spiro atoms. The number of carbonyl (C=O) groups excluding carboxylic acids is 1. The molecule has 2 aromatic rings. The minimum Gasteiger partial charge on any atom is -0.394 e. The van der Waals surface area contributed by atoms with Crippen molar-refractivity contribution in [3.8, 4) is 0 Å². The third kappa shape index (κ3) is 6.51. The van der Waals surface area contributed by atoms with E-state index in [-0.39, 0.29) is 23.6 Å². The van der Waals surface area contributed by atoms with E-state index < -0.39 is 48.5 Å². The number of allylic oxidation sites excluding steroid dienone is 1. The highest BCUT2D eigenvalue weighted by atomic mass is 35.5. The van der Waals surface area contributed by atoms with Crippen molar-refractivity contribution >= 4 is 35.1 Å². The number of halogens is 6. The number of nitrogens with one attached hydrogen (secondary N) is 1. The first kappa shape index (κ1) is 27.4. The van der Waals surface area contributed by atoms with E-state index in [2.05, 4.69) is 15.3 Å². The summed E-state index contributed by atoms with van der Waals surface area (Å²) >= 11 is 6.06. The van der Waals surface area contributed by atoms with Crippen molar-refractivity contribution in [3.05, 3.63) is 64.4 Å². The molecule has 2 heterocycles. The normalized spacial score (nSPS) is 20.8. The summed E-state index contributed by atoms with van der Waals surface area (Å²) in [6.45, 7) is 0.684. The molecule has 1 aromatic heterocycles. The number of carbonyl (C=O) groups is 1. The van der Waals surface area contributed by atoms with Crippen LogP contribution in [0.2, 0.25) is 5.02 Å². The van der Waals surface area contributed by atoms with Gasteiger partial charge in [0.15, 0.2) is 0 Å². The summed E-state index contributed by atoms with van der Waals surface area (Å²) in [6.07, 6.45) is -2.98. The molecular weight excluding hydrogens is 505 g/mol. The summed E-state index contributed by atoms with van der Waals surface area (Å²) in [4.78, 5) is 22.1. The zero-order chi connectivity index (χ0) is 26.7. The fraction of sp³-hybridized carbons (Fsp3) is 0.375. The van der Waals surface area contributed by atoms with Gasteiger partial charge in [0, 0.05) is 43.0 Å². The van der Waals surface area contributed by atoms with E-state index >= 15 is 0 Å². The smallest absolute Gasteiger partial charge is 0.394 e. The monoisotopic (exact) mass is 529 g/mol. The quantitative estimate of drug-likeness (QED) is 0.309. The Bertz CT molecular complexity index is 1150. The van der Waals surface area contributed by atoms with Gasteiger partial charge in [-0.15, -0.1) is 0 Å². The summed E-state index contributed by atoms with van der Waals surface area (Å²) in [6, 6.07) is 7.78. The van der Waals surface area contributed by atoms with Crippen LogP contribution in [-0.2, 0) is 11.0 Å². The van der Waals surface area contributed by atoms with Crippen molar-refractivity contribution in [1.82, 2.24) is 9.88 Å². The predicted octanol–water partition coefficient (Wildman–Crippen LogP) is 5.11. The van der Waals surface area contributed by atoms with Gasteiger partial charge in [-0.05, 0) is 35.7 Å². The molecular formula is C24H25ClF5N5O. The molecule has 1 amide bonds. The highest BCUT2D eigenvalue weighted by Gasteiger charge is 2.46. The second kappa shape index (κ2) is 10.8. The van der Waals surface area contributed by atoms with Crippen LogP contribution in [0.5, 0.6) is 0 Å². The molecule has 12 heteroatoms. The fourth-order valence-electron chi connectivity index (χ4n) is 4.11.